The van der Waals surface area contributed by atoms with Crippen LogP contribution in [0.5, 0.6) is 0 Å². The maximum atomic E-state index is 12.7. The van der Waals surface area contributed by atoms with E-state index < -0.39 is 30.0 Å². The molecule has 0 spiro atoms. The van der Waals surface area contributed by atoms with Crippen molar-refractivity contribution in [3.05, 3.63) is 51.4 Å². The average molecular weight is 474 g/mol. The van der Waals surface area contributed by atoms with Crippen LogP contribution in [-0.4, -0.2) is 36.6 Å². The smallest absolute Gasteiger partial charge is 0.341 e. The van der Waals surface area contributed by atoms with Gasteiger partial charge in [0, 0.05) is 11.4 Å². The first-order valence-corrected chi connectivity index (χ1v) is 11.6. The maximum absolute atomic E-state index is 12.7. The minimum absolute atomic E-state index is 0.233. The summed E-state index contributed by atoms with van der Waals surface area (Å²) < 4.78 is 10.5. The third-order valence-corrected chi connectivity index (χ3v) is 6.40. The molecule has 0 fully saturated rings. The van der Waals surface area contributed by atoms with Crippen molar-refractivity contribution in [2.24, 2.45) is 5.73 Å². The summed E-state index contributed by atoms with van der Waals surface area (Å²) in [6.45, 7) is 3.67. The van der Waals surface area contributed by atoms with Crippen LogP contribution in [0.15, 0.2) is 24.3 Å². The highest BCUT2D eigenvalue weighted by Gasteiger charge is 2.29. The Morgan fingerprint density at radius 1 is 1.09 bits per heavy atom. The number of nitrogens with one attached hydrogen (secondary N) is 2. The zero-order valence-corrected chi connectivity index (χ0v) is 19.4. The lowest BCUT2D eigenvalue weighted by molar-refractivity contribution is -0.123. The lowest BCUT2D eigenvalue weighted by Gasteiger charge is -2.14. The largest absolute Gasteiger partial charge is 0.462 e. The number of hydrogen-bond acceptors (Lipinski definition) is 7. The molecular formula is C23H27N3O6S. The van der Waals surface area contributed by atoms with Gasteiger partial charge in [0.05, 0.1) is 17.7 Å². The molecule has 1 aliphatic rings. The van der Waals surface area contributed by atoms with Gasteiger partial charge in [0.1, 0.15) is 5.00 Å². The molecule has 10 heteroatoms. The minimum Gasteiger partial charge on any atom is -0.462 e. The van der Waals surface area contributed by atoms with E-state index in [1.54, 1.807) is 19.1 Å². The van der Waals surface area contributed by atoms with Crippen LogP contribution in [0.3, 0.4) is 0 Å². The first kappa shape index (κ1) is 24.2. The topological polar surface area (TPSA) is 137 Å². The van der Waals surface area contributed by atoms with Gasteiger partial charge < -0.3 is 25.8 Å². The highest BCUT2D eigenvalue weighted by atomic mass is 32.1. The highest BCUT2D eigenvalue weighted by Crippen LogP contribution is 2.38. The van der Waals surface area contributed by atoms with E-state index in [9.17, 15) is 19.2 Å². The fraction of sp³-hybridized carbons (Fsp3) is 0.391. The van der Waals surface area contributed by atoms with Gasteiger partial charge >= 0.3 is 18.0 Å². The van der Waals surface area contributed by atoms with Gasteiger partial charge in [0.25, 0.3) is 5.91 Å². The second-order valence-corrected chi connectivity index (χ2v) is 8.69. The van der Waals surface area contributed by atoms with Gasteiger partial charge in [-0.2, -0.15) is 0 Å². The Morgan fingerprint density at radius 2 is 1.79 bits per heavy atom. The molecule has 1 unspecified atom stereocenters. The van der Waals surface area contributed by atoms with E-state index in [4.69, 9.17) is 15.2 Å². The van der Waals surface area contributed by atoms with Crippen LogP contribution in [0.2, 0.25) is 0 Å². The van der Waals surface area contributed by atoms with Crippen LogP contribution >= 0.6 is 11.3 Å². The number of aryl methyl sites for hydroxylation is 1. The van der Waals surface area contributed by atoms with Crippen molar-refractivity contribution in [2.45, 2.75) is 52.2 Å². The van der Waals surface area contributed by atoms with E-state index in [0.29, 0.717) is 10.6 Å². The molecule has 9 nitrogen and oxygen atoms in total. The summed E-state index contributed by atoms with van der Waals surface area (Å²) in [5.74, 6) is -1.65. The number of fused-ring (bicyclic) bond motifs is 1. The first-order valence-electron chi connectivity index (χ1n) is 10.8. The molecule has 33 heavy (non-hydrogen) atoms. The molecule has 0 aliphatic heterocycles. The van der Waals surface area contributed by atoms with E-state index >= 15 is 0 Å². The van der Waals surface area contributed by atoms with E-state index in [0.717, 1.165) is 41.7 Å². The summed E-state index contributed by atoms with van der Waals surface area (Å²) in [7, 11) is 0. The summed E-state index contributed by atoms with van der Waals surface area (Å²) in [6, 6.07) is 5.74. The molecule has 176 valence electrons. The molecule has 0 radical (unpaired) electrons. The molecule has 1 heterocycles. The summed E-state index contributed by atoms with van der Waals surface area (Å²) in [6.07, 6.45) is 2.56. The summed E-state index contributed by atoms with van der Waals surface area (Å²) in [4.78, 5) is 49.6. The van der Waals surface area contributed by atoms with Gasteiger partial charge in [-0.1, -0.05) is 12.1 Å². The number of thiophene rings is 1. The summed E-state index contributed by atoms with van der Waals surface area (Å²) in [5.41, 5.74) is 7.40. The highest BCUT2D eigenvalue weighted by molar-refractivity contribution is 7.17. The molecule has 3 amide bonds. The third-order valence-electron chi connectivity index (χ3n) is 5.20. The number of primary amides is 1. The predicted octanol–water partition coefficient (Wildman–Crippen LogP) is 3.16. The van der Waals surface area contributed by atoms with Gasteiger partial charge in [-0.15, -0.1) is 11.3 Å². The third kappa shape index (κ3) is 6.10. The van der Waals surface area contributed by atoms with Crippen LogP contribution in [-0.2, 0) is 33.7 Å². The van der Waals surface area contributed by atoms with E-state index in [2.05, 4.69) is 10.6 Å². The fourth-order valence-corrected chi connectivity index (χ4v) is 4.80. The van der Waals surface area contributed by atoms with Gasteiger partial charge in [-0.3, -0.25) is 4.79 Å². The molecule has 1 atom stereocenters. The van der Waals surface area contributed by atoms with Crippen molar-refractivity contribution in [3.8, 4) is 0 Å². The van der Waals surface area contributed by atoms with Gasteiger partial charge in [-0.25, -0.2) is 14.4 Å². The molecule has 0 saturated heterocycles. The second-order valence-electron chi connectivity index (χ2n) is 7.59. The van der Waals surface area contributed by atoms with Crippen molar-refractivity contribution in [1.29, 1.82) is 0 Å². The second kappa shape index (κ2) is 11.0. The molecule has 4 N–H and O–H groups in total. The summed E-state index contributed by atoms with van der Waals surface area (Å²) in [5, 5.41) is 5.64. The molecule has 0 saturated carbocycles. The van der Waals surface area contributed by atoms with E-state index in [1.165, 1.54) is 30.4 Å². The minimum atomic E-state index is -1.08. The van der Waals surface area contributed by atoms with E-state index in [-0.39, 0.29) is 18.7 Å². The number of rotatable bonds is 8. The van der Waals surface area contributed by atoms with Crippen LogP contribution in [0.4, 0.5) is 9.80 Å². The Bertz CT molecular complexity index is 1050. The van der Waals surface area contributed by atoms with Crippen molar-refractivity contribution < 1.29 is 28.7 Å². The number of carbonyl (C=O) groups is 4. The SMILES string of the molecule is CCOC(=O)c1c(NC(=O)C(C)OC(=O)c2ccc(CNC(N)=O)cc2)sc2c1CCCC2. The number of urea groups is 1. The average Bonchev–Trinajstić information content (AvgIpc) is 3.15. The predicted molar refractivity (Wildman–Crippen MR) is 123 cm³/mol. The Morgan fingerprint density at radius 3 is 2.45 bits per heavy atom. The van der Waals surface area contributed by atoms with Gasteiger partial charge in [-0.05, 0) is 62.8 Å². The first-order chi connectivity index (χ1) is 15.8. The van der Waals surface area contributed by atoms with Crippen molar-refractivity contribution >= 4 is 40.2 Å². The van der Waals surface area contributed by atoms with Crippen LogP contribution in [0.1, 0.15) is 63.4 Å². The number of amides is 3. The Hall–Kier alpha value is -3.40. The zero-order valence-electron chi connectivity index (χ0n) is 18.6. The zero-order chi connectivity index (χ0) is 24.0. The molecule has 1 aromatic heterocycles. The molecule has 3 rings (SSSR count). The number of hydrogen-bond donors (Lipinski definition) is 3. The monoisotopic (exact) mass is 473 g/mol. The Balaban J connectivity index is 1.66. The molecule has 1 aromatic carbocycles. The molecule has 1 aliphatic carbocycles. The van der Waals surface area contributed by atoms with Crippen molar-refractivity contribution in [1.82, 2.24) is 5.32 Å². The number of benzene rings is 1. The molecule has 2 aromatic rings. The van der Waals surface area contributed by atoms with Gasteiger partial charge in [0.15, 0.2) is 6.10 Å². The number of ether oxygens (including phenoxy) is 2. The normalized spacial score (nSPS) is 13.4. The number of carbonyl (C=O) groups excluding carboxylic acids is 4. The number of anilines is 1. The Kier molecular flexibility index (Phi) is 8.05. The summed E-state index contributed by atoms with van der Waals surface area (Å²) >= 11 is 1.37. The lowest BCUT2D eigenvalue weighted by atomic mass is 9.95. The fourth-order valence-electron chi connectivity index (χ4n) is 3.52. The maximum Gasteiger partial charge on any atom is 0.341 e. The van der Waals surface area contributed by atoms with E-state index in [1.807, 2.05) is 0 Å². The lowest BCUT2D eigenvalue weighted by Crippen LogP contribution is -2.30. The van der Waals surface area contributed by atoms with Crippen molar-refractivity contribution in [2.75, 3.05) is 11.9 Å². The van der Waals surface area contributed by atoms with Crippen LogP contribution in [0, 0.1) is 0 Å². The molecule has 0 bridgehead atoms. The Labute approximate surface area is 195 Å². The van der Waals surface area contributed by atoms with Gasteiger partial charge in [0.2, 0.25) is 0 Å². The molecular weight excluding hydrogens is 446 g/mol. The quantitative estimate of drug-likeness (QED) is 0.504. The van der Waals surface area contributed by atoms with Crippen LogP contribution in [0.25, 0.3) is 0 Å². The number of nitrogens with two attached hydrogens (primary N) is 1. The van der Waals surface area contributed by atoms with Crippen LogP contribution < -0.4 is 16.4 Å². The van der Waals surface area contributed by atoms with Crippen molar-refractivity contribution in [3.63, 3.8) is 0 Å². The number of esters is 2. The standard InChI is InChI=1S/C23H27N3O6S/c1-3-31-22(29)18-16-6-4-5-7-17(16)33-20(18)26-19(27)13(2)32-21(28)15-10-8-14(9-11-15)12-25-23(24)30/h8-11,13H,3-7,12H2,1-2H3,(H,26,27)(H3,24,25,30).